The van der Waals surface area contributed by atoms with Crippen LogP contribution >= 0.6 is 11.3 Å². The van der Waals surface area contributed by atoms with Crippen molar-refractivity contribution in [2.75, 3.05) is 7.11 Å². The number of halogens is 1. The summed E-state index contributed by atoms with van der Waals surface area (Å²) in [6.45, 7) is 0. The fourth-order valence-corrected chi connectivity index (χ4v) is 2.76. The number of hydrogen-bond acceptors (Lipinski definition) is 6. The Balaban J connectivity index is 2.20. The molecule has 0 unspecified atom stereocenters. The number of esters is 1. The highest BCUT2D eigenvalue weighted by Gasteiger charge is 2.28. The highest BCUT2D eigenvalue weighted by molar-refractivity contribution is 7.10. The zero-order chi connectivity index (χ0) is 15.9. The van der Waals surface area contributed by atoms with Crippen molar-refractivity contribution in [3.8, 4) is 5.88 Å². The summed E-state index contributed by atoms with van der Waals surface area (Å²) in [5, 5.41) is 9.66. The number of aromatic amines is 1. The number of ether oxygens (including phenoxy) is 1. The van der Waals surface area contributed by atoms with E-state index in [1.807, 2.05) is 0 Å². The van der Waals surface area contributed by atoms with Gasteiger partial charge >= 0.3 is 10.8 Å². The quantitative estimate of drug-likeness (QED) is 0.829. The molecular formula is C14H9FN2O4S. The number of aromatic nitrogens is 1. The third-order valence-electron chi connectivity index (χ3n) is 3.05. The van der Waals surface area contributed by atoms with Crippen molar-refractivity contribution in [2.24, 2.45) is 4.99 Å². The average Bonchev–Trinajstić information content (AvgIpc) is 2.99. The van der Waals surface area contributed by atoms with Crippen LogP contribution in [0.2, 0.25) is 0 Å². The van der Waals surface area contributed by atoms with Crippen LogP contribution in [0.4, 0.5) is 10.1 Å². The lowest BCUT2D eigenvalue weighted by Gasteiger charge is -2.03. The maximum absolute atomic E-state index is 13.5. The first kappa shape index (κ1) is 14.2. The number of thiazole rings is 1. The summed E-state index contributed by atoms with van der Waals surface area (Å²) in [7, 11) is 1.21. The number of aliphatic imine (C=N–C) groups is 1. The molecule has 112 valence electrons. The summed E-state index contributed by atoms with van der Waals surface area (Å²) in [6, 6.07) is 3.90. The molecule has 22 heavy (non-hydrogen) atoms. The lowest BCUT2D eigenvalue weighted by atomic mass is 10.0. The van der Waals surface area contributed by atoms with Gasteiger partial charge in [0.2, 0.25) is 5.88 Å². The predicted molar refractivity (Wildman–Crippen MR) is 80.0 cm³/mol. The van der Waals surface area contributed by atoms with Crippen LogP contribution in [0, 0.1) is 5.82 Å². The van der Waals surface area contributed by atoms with Crippen LogP contribution in [-0.4, -0.2) is 28.9 Å². The zero-order valence-electron chi connectivity index (χ0n) is 11.2. The van der Waals surface area contributed by atoms with E-state index in [1.165, 1.54) is 31.4 Å². The van der Waals surface area contributed by atoms with Crippen molar-refractivity contribution in [1.82, 2.24) is 4.98 Å². The maximum Gasteiger partial charge on any atom is 0.357 e. The largest absolute Gasteiger partial charge is 0.493 e. The topological polar surface area (TPSA) is 91.8 Å². The smallest absolute Gasteiger partial charge is 0.357 e. The van der Waals surface area contributed by atoms with E-state index < -0.39 is 16.7 Å². The number of nitrogens with zero attached hydrogens (tertiary/aromatic N) is 1. The van der Waals surface area contributed by atoms with Crippen LogP contribution in [0.15, 0.2) is 28.0 Å². The van der Waals surface area contributed by atoms with Crippen LogP contribution in [0.5, 0.6) is 5.88 Å². The first-order chi connectivity index (χ1) is 10.5. The Bertz CT molecular complexity index is 894. The Morgan fingerprint density at radius 3 is 2.91 bits per heavy atom. The molecule has 0 radical (unpaired) electrons. The molecule has 0 amide bonds. The van der Waals surface area contributed by atoms with E-state index in [0.29, 0.717) is 11.3 Å². The van der Waals surface area contributed by atoms with Gasteiger partial charge in [-0.05, 0) is 24.3 Å². The Hall–Kier alpha value is -2.74. The van der Waals surface area contributed by atoms with E-state index >= 15 is 0 Å². The summed E-state index contributed by atoms with van der Waals surface area (Å²) in [6.07, 6.45) is 1.40. The molecule has 2 aromatic rings. The second-order valence-corrected chi connectivity index (χ2v) is 5.41. The molecular weight excluding hydrogens is 311 g/mol. The molecule has 1 aromatic heterocycles. The van der Waals surface area contributed by atoms with Gasteiger partial charge in [0.1, 0.15) is 5.82 Å². The van der Waals surface area contributed by atoms with Gasteiger partial charge < -0.3 is 9.84 Å². The minimum atomic E-state index is -0.690. The van der Waals surface area contributed by atoms with Gasteiger partial charge in [0.05, 0.1) is 17.7 Å². The van der Waals surface area contributed by atoms with E-state index in [2.05, 4.69) is 14.7 Å². The van der Waals surface area contributed by atoms with E-state index in [-0.39, 0.29) is 22.0 Å². The molecule has 0 atom stereocenters. The number of fused-ring (bicyclic) bond motifs is 1. The van der Waals surface area contributed by atoms with Crippen molar-refractivity contribution in [3.63, 3.8) is 0 Å². The normalized spacial score (nSPS) is 14.8. The number of carbonyl (C=O) groups excluding carboxylic acids is 1. The Labute approximate surface area is 127 Å². The predicted octanol–water partition coefficient (Wildman–Crippen LogP) is 2.08. The number of methoxy groups -OCH3 is 1. The second kappa shape index (κ2) is 5.23. The molecule has 0 bridgehead atoms. The van der Waals surface area contributed by atoms with Crippen LogP contribution in [-0.2, 0) is 9.53 Å². The molecule has 3 rings (SSSR count). The SMILES string of the molecule is COC(=O)C1=Nc2ccc(F)cc2/C1=C/c1sc(=O)[nH]c1O. The number of aromatic hydroxyl groups is 1. The highest BCUT2D eigenvalue weighted by Crippen LogP contribution is 2.37. The third kappa shape index (κ3) is 2.33. The van der Waals surface area contributed by atoms with E-state index in [9.17, 15) is 19.1 Å². The molecule has 0 saturated heterocycles. The highest BCUT2D eigenvalue weighted by atomic mass is 32.1. The first-order valence-corrected chi connectivity index (χ1v) is 6.92. The van der Waals surface area contributed by atoms with E-state index in [0.717, 1.165) is 11.3 Å². The number of nitrogens with one attached hydrogen (secondary N) is 1. The van der Waals surface area contributed by atoms with Crippen molar-refractivity contribution in [3.05, 3.63) is 44.1 Å². The molecule has 0 saturated carbocycles. The van der Waals surface area contributed by atoms with Crippen LogP contribution in [0.1, 0.15) is 10.4 Å². The van der Waals surface area contributed by atoms with Crippen LogP contribution in [0.3, 0.4) is 0 Å². The molecule has 2 heterocycles. The van der Waals surface area contributed by atoms with Gasteiger partial charge in [0.25, 0.3) is 0 Å². The molecule has 0 spiro atoms. The number of hydrogen-bond donors (Lipinski definition) is 2. The number of rotatable bonds is 2. The van der Waals surface area contributed by atoms with Crippen molar-refractivity contribution in [2.45, 2.75) is 0 Å². The van der Waals surface area contributed by atoms with Crippen LogP contribution < -0.4 is 4.87 Å². The summed E-state index contributed by atoms with van der Waals surface area (Å²) < 4.78 is 18.1. The molecule has 6 nitrogen and oxygen atoms in total. The van der Waals surface area contributed by atoms with Gasteiger partial charge in [-0.25, -0.2) is 14.2 Å². The molecule has 0 fully saturated rings. The van der Waals surface area contributed by atoms with Gasteiger partial charge in [0.15, 0.2) is 5.71 Å². The summed E-state index contributed by atoms with van der Waals surface area (Å²) >= 11 is 0.763. The summed E-state index contributed by atoms with van der Waals surface area (Å²) in [4.78, 5) is 29.2. The lowest BCUT2D eigenvalue weighted by molar-refractivity contribution is -0.132. The third-order valence-corrected chi connectivity index (χ3v) is 3.87. The van der Waals surface area contributed by atoms with Gasteiger partial charge in [0, 0.05) is 11.1 Å². The minimum absolute atomic E-state index is 0.0108. The number of carbonyl (C=O) groups is 1. The van der Waals surface area contributed by atoms with Gasteiger partial charge in [-0.1, -0.05) is 11.3 Å². The minimum Gasteiger partial charge on any atom is -0.493 e. The summed E-state index contributed by atoms with van der Waals surface area (Å²) in [5.41, 5.74) is 1.08. The van der Waals surface area contributed by atoms with Crippen molar-refractivity contribution >= 4 is 40.4 Å². The molecule has 1 aromatic carbocycles. The molecule has 2 N–H and O–H groups in total. The van der Waals surface area contributed by atoms with Gasteiger partial charge in [-0.3, -0.25) is 9.78 Å². The van der Waals surface area contributed by atoms with E-state index in [4.69, 9.17) is 0 Å². The summed E-state index contributed by atoms with van der Waals surface area (Å²) in [5.74, 6) is -1.50. The molecule has 1 aliphatic heterocycles. The lowest BCUT2D eigenvalue weighted by Crippen LogP contribution is -2.14. The zero-order valence-corrected chi connectivity index (χ0v) is 12.0. The fourth-order valence-electron chi connectivity index (χ4n) is 2.09. The van der Waals surface area contributed by atoms with Gasteiger partial charge in [-0.15, -0.1) is 0 Å². The molecule has 8 heteroatoms. The first-order valence-electron chi connectivity index (χ1n) is 6.10. The number of H-pyrrole nitrogens is 1. The van der Waals surface area contributed by atoms with Crippen molar-refractivity contribution in [1.29, 1.82) is 0 Å². The van der Waals surface area contributed by atoms with Gasteiger partial charge in [-0.2, -0.15) is 0 Å². The second-order valence-electron chi connectivity index (χ2n) is 4.40. The molecule has 1 aliphatic rings. The fraction of sp³-hybridized carbons (Fsp3) is 0.0714. The van der Waals surface area contributed by atoms with Crippen molar-refractivity contribution < 1.29 is 19.0 Å². The molecule has 0 aliphatic carbocycles. The Morgan fingerprint density at radius 1 is 1.50 bits per heavy atom. The average molecular weight is 320 g/mol. The van der Waals surface area contributed by atoms with Crippen LogP contribution in [0.25, 0.3) is 11.6 Å². The standard InChI is InChI=1S/C14H9FN2O4S/c1-21-13(19)11-8(5-10-12(18)17-14(20)22-10)7-4-6(15)2-3-9(7)16-11/h2-5,18H,1H3,(H,17,20)/b8-5-. The Kier molecular flexibility index (Phi) is 3.38. The maximum atomic E-state index is 13.5. The Morgan fingerprint density at radius 2 is 2.27 bits per heavy atom. The number of benzene rings is 1. The van der Waals surface area contributed by atoms with E-state index in [1.54, 1.807) is 0 Å². The monoisotopic (exact) mass is 320 g/mol.